The molecule has 1 aromatic rings. The van der Waals surface area contributed by atoms with Crippen molar-refractivity contribution >= 4 is 27.4 Å². The minimum absolute atomic E-state index is 0.0921. The predicted molar refractivity (Wildman–Crippen MR) is 75.0 cm³/mol. The van der Waals surface area contributed by atoms with Gasteiger partial charge in [-0.05, 0) is 18.6 Å². The molecule has 19 heavy (non-hydrogen) atoms. The molecule has 0 aliphatic heterocycles. The minimum atomic E-state index is -3.53. The molecule has 0 fully saturated rings. The monoisotopic (exact) mass is 286 g/mol. The molecule has 2 N–H and O–H groups in total. The average molecular weight is 286 g/mol. The number of hydrogen-bond donors (Lipinski definition) is 2. The van der Waals surface area contributed by atoms with Crippen LogP contribution in [-0.4, -0.2) is 39.3 Å². The van der Waals surface area contributed by atoms with E-state index in [1.165, 1.54) is 0 Å². The van der Waals surface area contributed by atoms with Crippen LogP contribution in [0.4, 0.5) is 11.4 Å². The zero-order chi connectivity index (χ0) is 14.5. The number of hydrogen-bond acceptors (Lipinski definition) is 4. The summed E-state index contributed by atoms with van der Waals surface area (Å²) in [6, 6.07) is 7.03. The van der Waals surface area contributed by atoms with Gasteiger partial charge >= 0.3 is 5.97 Å². The Morgan fingerprint density at radius 1 is 1.32 bits per heavy atom. The molecule has 0 heterocycles. The topological polar surface area (TPSA) is 86.7 Å². The fourth-order valence-electron chi connectivity index (χ4n) is 1.58. The van der Waals surface area contributed by atoms with Crippen LogP contribution >= 0.6 is 0 Å². The Bertz CT molecular complexity index is 540. The maximum Gasteiger partial charge on any atom is 0.303 e. The largest absolute Gasteiger partial charge is 0.481 e. The second-order valence-electron chi connectivity index (χ2n) is 4.33. The molecule has 0 spiro atoms. The number of benzene rings is 1. The minimum Gasteiger partial charge on any atom is -0.481 e. The van der Waals surface area contributed by atoms with Gasteiger partial charge in [0.1, 0.15) is 0 Å². The van der Waals surface area contributed by atoms with Crippen molar-refractivity contribution in [3.8, 4) is 0 Å². The number of nitrogens with one attached hydrogen (secondary N) is 1. The van der Waals surface area contributed by atoms with Gasteiger partial charge in [0.2, 0.25) is 10.0 Å². The molecule has 106 valence electrons. The van der Waals surface area contributed by atoms with Gasteiger partial charge in [0.15, 0.2) is 0 Å². The lowest BCUT2D eigenvalue weighted by Crippen LogP contribution is -2.20. The van der Waals surface area contributed by atoms with E-state index in [1.807, 2.05) is 20.2 Å². The van der Waals surface area contributed by atoms with Gasteiger partial charge in [-0.25, -0.2) is 8.42 Å². The van der Waals surface area contributed by atoms with Crippen molar-refractivity contribution in [1.82, 2.24) is 0 Å². The van der Waals surface area contributed by atoms with Crippen LogP contribution in [0.1, 0.15) is 12.8 Å². The first kappa shape index (κ1) is 15.3. The van der Waals surface area contributed by atoms with Gasteiger partial charge in [-0.15, -0.1) is 0 Å². The Morgan fingerprint density at radius 2 is 1.95 bits per heavy atom. The number of aliphatic carboxylic acids is 1. The van der Waals surface area contributed by atoms with Crippen LogP contribution < -0.4 is 9.62 Å². The molecule has 1 rings (SSSR count). The first-order chi connectivity index (χ1) is 8.82. The van der Waals surface area contributed by atoms with Crippen LogP contribution in [-0.2, 0) is 14.8 Å². The van der Waals surface area contributed by atoms with Crippen LogP contribution in [0, 0.1) is 0 Å². The lowest BCUT2D eigenvalue weighted by Gasteiger charge is -2.18. The fraction of sp³-hybridized carbons (Fsp3) is 0.417. The van der Waals surface area contributed by atoms with Crippen LogP contribution in [0.3, 0.4) is 0 Å². The zero-order valence-electron chi connectivity index (χ0n) is 11.0. The Morgan fingerprint density at radius 3 is 2.53 bits per heavy atom. The second kappa shape index (κ2) is 6.42. The molecule has 0 bridgehead atoms. The van der Waals surface area contributed by atoms with Gasteiger partial charge in [0, 0.05) is 20.5 Å². The van der Waals surface area contributed by atoms with Gasteiger partial charge in [0.25, 0.3) is 0 Å². The van der Waals surface area contributed by atoms with E-state index in [1.54, 1.807) is 23.1 Å². The van der Waals surface area contributed by atoms with E-state index in [9.17, 15) is 13.2 Å². The molecular formula is C12H18N2O4S. The van der Waals surface area contributed by atoms with E-state index in [0.717, 1.165) is 5.69 Å². The molecule has 0 saturated heterocycles. The molecule has 0 saturated carbocycles. The SMILES string of the molecule is CN(C)c1ccccc1NS(=O)(=O)CCCC(=O)O. The van der Waals surface area contributed by atoms with Gasteiger partial charge in [0.05, 0.1) is 17.1 Å². The molecule has 0 amide bonds. The maximum absolute atomic E-state index is 11.8. The summed E-state index contributed by atoms with van der Waals surface area (Å²) in [6.45, 7) is 0. The lowest BCUT2D eigenvalue weighted by atomic mass is 10.2. The van der Waals surface area contributed by atoms with Crippen molar-refractivity contribution in [2.24, 2.45) is 0 Å². The number of carbonyl (C=O) groups is 1. The Labute approximate surface area is 113 Å². The van der Waals surface area contributed by atoms with Crippen LogP contribution in [0.25, 0.3) is 0 Å². The summed E-state index contributed by atoms with van der Waals surface area (Å²) in [6.07, 6.45) is -0.0644. The number of carboxylic acids is 1. The maximum atomic E-state index is 11.8. The van der Waals surface area contributed by atoms with Crippen molar-refractivity contribution in [1.29, 1.82) is 0 Å². The summed E-state index contributed by atoms with van der Waals surface area (Å²) < 4.78 is 26.1. The molecule has 0 unspecified atom stereocenters. The van der Waals surface area contributed by atoms with E-state index in [4.69, 9.17) is 5.11 Å². The number of sulfonamides is 1. The Balaban J connectivity index is 2.75. The number of carboxylic acid groups (broad SMARTS) is 1. The summed E-state index contributed by atoms with van der Waals surface area (Å²) in [5.74, 6) is -1.20. The highest BCUT2D eigenvalue weighted by Gasteiger charge is 2.14. The molecule has 0 aromatic heterocycles. The highest BCUT2D eigenvalue weighted by Crippen LogP contribution is 2.24. The van der Waals surface area contributed by atoms with E-state index >= 15 is 0 Å². The smallest absolute Gasteiger partial charge is 0.303 e. The molecule has 7 heteroatoms. The molecule has 1 aromatic carbocycles. The van der Waals surface area contributed by atoms with Crippen molar-refractivity contribution in [3.63, 3.8) is 0 Å². The van der Waals surface area contributed by atoms with E-state index in [-0.39, 0.29) is 18.6 Å². The third kappa shape index (κ3) is 5.17. The first-order valence-corrected chi connectivity index (χ1v) is 7.46. The fourth-order valence-corrected chi connectivity index (χ4v) is 2.72. The van der Waals surface area contributed by atoms with E-state index < -0.39 is 16.0 Å². The average Bonchev–Trinajstić information content (AvgIpc) is 2.27. The van der Waals surface area contributed by atoms with Gasteiger partial charge < -0.3 is 10.0 Å². The summed E-state index contributed by atoms with van der Waals surface area (Å²) in [4.78, 5) is 12.2. The number of rotatable bonds is 7. The first-order valence-electron chi connectivity index (χ1n) is 5.80. The van der Waals surface area contributed by atoms with Gasteiger partial charge in [-0.1, -0.05) is 12.1 Å². The number of nitrogens with zero attached hydrogens (tertiary/aromatic N) is 1. The zero-order valence-corrected chi connectivity index (χ0v) is 11.8. The van der Waals surface area contributed by atoms with E-state index in [2.05, 4.69) is 4.72 Å². The molecular weight excluding hydrogens is 268 g/mol. The van der Waals surface area contributed by atoms with Crippen LogP contribution in [0.15, 0.2) is 24.3 Å². The summed E-state index contributed by atoms with van der Waals surface area (Å²) >= 11 is 0. The number of para-hydroxylation sites is 2. The third-order valence-corrected chi connectivity index (χ3v) is 3.81. The van der Waals surface area contributed by atoms with Crippen LogP contribution in [0.5, 0.6) is 0 Å². The highest BCUT2D eigenvalue weighted by atomic mass is 32.2. The van der Waals surface area contributed by atoms with Crippen LogP contribution in [0.2, 0.25) is 0 Å². The molecule has 0 atom stereocenters. The van der Waals surface area contributed by atoms with Gasteiger partial charge in [-0.2, -0.15) is 0 Å². The van der Waals surface area contributed by atoms with Crippen molar-refractivity contribution in [2.75, 3.05) is 29.5 Å². The van der Waals surface area contributed by atoms with Crippen molar-refractivity contribution in [3.05, 3.63) is 24.3 Å². The summed E-state index contributed by atoms with van der Waals surface area (Å²) in [5, 5.41) is 8.50. The molecule has 0 aliphatic carbocycles. The Hall–Kier alpha value is -1.76. The molecule has 6 nitrogen and oxygen atoms in total. The van der Waals surface area contributed by atoms with Gasteiger partial charge in [-0.3, -0.25) is 9.52 Å². The molecule has 0 radical (unpaired) electrons. The lowest BCUT2D eigenvalue weighted by molar-refractivity contribution is -0.137. The van der Waals surface area contributed by atoms with Crippen molar-refractivity contribution < 1.29 is 18.3 Å². The highest BCUT2D eigenvalue weighted by molar-refractivity contribution is 7.92. The Kier molecular flexibility index (Phi) is 5.17. The summed E-state index contributed by atoms with van der Waals surface area (Å²) in [5.41, 5.74) is 1.24. The normalized spacial score (nSPS) is 11.1. The quantitative estimate of drug-likeness (QED) is 0.790. The predicted octanol–water partition coefficient (Wildman–Crippen LogP) is 1.36. The second-order valence-corrected chi connectivity index (χ2v) is 6.17. The number of anilines is 2. The summed E-state index contributed by atoms with van der Waals surface area (Å²) in [7, 11) is 0.108. The van der Waals surface area contributed by atoms with Crippen molar-refractivity contribution in [2.45, 2.75) is 12.8 Å². The third-order valence-electron chi connectivity index (χ3n) is 2.46. The molecule has 0 aliphatic rings. The van der Waals surface area contributed by atoms with E-state index in [0.29, 0.717) is 5.69 Å². The standard InChI is InChI=1S/C12H18N2O4S/c1-14(2)11-7-4-3-6-10(11)13-19(17,18)9-5-8-12(15)16/h3-4,6-7,13H,5,8-9H2,1-2H3,(H,15,16).